The molecule has 1 atom stereocenters. The fraction of sp³-hybridized carbons (Fsp3) is 0.273. The minimum atomic E-state index is -0.984. The molecule has 0 radical (unpaired) electrons. The molecular weight excluding hydrogens is 646 g/mol. The third kappa shape index (κ3) is 5.69. The Labute approximate surface area is 266 Å². The van der Waals surface area contributed by atoms with Gasteiger partial charge in [0.25, 0.3) is 5.56 Å². The molecular formula is C33H32BrN3O6S. The summed E-state index contributed by atoms with van der Waals surface area (Å²) in [5, 5.41) is 9.28. The van der Waals surface area contributed by atoms with Gasteiger partial charge in [-0.3, -0.25) is 9.36 Å². The van der Waals surface area contributed by atoms with Crippen LogP contribution >= 0.6 is 27.3 Å². The summed E-state index contributed by atoms with van der Waals surface area (Å²) >= 11 is 4.84. The number of rotatable bonds is 9. The van der Waals surface area contributed by atoms with E-state index in [1.165, 1.54) is 11.3 Å². The molecule has 0 spiro atoms. The van der Waals surface area contributed by atoms with Gasteiger partial charge in [0.1, 0.15) is 5.75 Å². The molecule has 1 aliphatic heterocycles. The van der Waals surface area contributed by atoms with Crippen LogP contribution in [0.1, 0.15) is 65.6 Å². The number of carbonyl (C=O) groups is 2. The molecule has 0 aliphatic carbocycles. The van der Waals surface area contributed by atoms with E-state index in [2.05, 4.69) is 15.9 Å². The van der Waals surface area contributed by atoms with Gasteiger partial charge in [-0.1, -0.05) is 30.7 Å². The van der Waals surface area contributed by atoms with E-state index in [0.717, 1.165) is 34.6 Å². The second-order valence-corrected chi connectivity index (χ2v) is 12.2. The first-order valence-electron chi connectivity index (χ1n) is 14.2. The van der Waals surface area contributed by atoms with Crippen LogP contribution in [0.2, 0.25) is 0 Å². The van der Waals surface area contributed by atoms with Crippen molar-refractivity contribution in [3.05, 3.63) is 112 Å². The molecule has 1 aliphatic rings. The standard InChI is InChI=1S/C33H32BrN3O6S/c1-6-8-25-28(32(41)43-7-2)29(21-11-14-26(42-5)24(34)16-21)37-30(38)27(44-33(37)35-25)17-22-15-18(3)36(19(22)4)23-12-9-20(10-13-23)31(39)40/h9-17,29H,6-8H2,1-5H3,(H,39,40)/b27-17-/t29-/m1/s1. The van der Waals surface area contributed by atoms with E-state index in [-0.39, 0.29) is 17.7 Å². The molecule has 0 saturated heterocycles. The van der Waals surface area contributed by atoms with Crippen LogP contribution in [0.3, 0.4) is 0 Å². The fourth-order valence-electron chi connectivity index (χ4n) is 5.51. The number of nitrogens with zero attached hydrogens (tertiary/aromatic N) is 3. The van der Waals surface area contributed by atoms with Crippen LogP contribution in [0.4, 0.5) is 0 Å². The molecule has 0 unspecified atom stereocenters. The number of carboxylic acid groups (broad SMARTS) is 1. The van der Waals surface area contributed by atoms with Gasteiger partial charge in [-0.05, 0) is 103 Å². The SMILES string of the molecule is CCCC1=C(C(=O)OCC)[C@@H](c2ccc(OC)c(Br)c2)n2c(s/c(=C\c3cc(C)n(-c4ccc(C(=O)O)cc4)c3C)c2=O)=N1. The number of hydrogen-bond acceptors (Lipinski definition) is 7. The van der Waals surface area contributed by atoms with Gasteiger partial charge in [0.2, 0.25) is 0 Å². The maximum Gasteiger partial charge on any atom is 0.338 e. The Hall–Kier alpha value is -4.22. The third-order valence-electron chi connectivity index (χ3n) is 7.51. The van der Waals surface area contributed by atoms with Gasteiger partial charge in [-0.15, -0.1) is 0 Å². The molecule has 11 heteroatoms. The van der Waals surface area contributed by atoms with Crippen molar-refractivity contribution in [2.75, 3.05) is 13.7 Å². The Balaban J connectivity index is 1.70. The van der Waals surface area contributed by atoms with E-state index in [1.54, 1.807) is 48.9 Å². The van der Waals surface area contributed by atoms with Crippen LogP contribution < -0.4 is 19.6 Å². The van der Waals surface area contributed by atoms with Gasteiger partial charge in [-0.25, -0.2) is 14.6 Å². The first-order valence-corrected chi connectivity index (χ1v) is 15.8. The zero-order valence-electron chi connectivity index (χ0n) is 25.0. The van der Waals surface area contributed by atoms with Gasteiger partial charge in [0, 0.05) is 17.1 Å². The molecule has 3 heterocycles. The van der Waals surface area contributed by atoms with Crippen LogP contribution in [-0.2, 0) is 9.53 Å². The highest BCUT2D eigenvalue weighted by Crippen LogP contribution is 2.36. The highest BCUT2D eigenvalue weighted by molar-refractivity contribution is 9.10. The highest BCUT2D eigenvalue weighted by atomic mass is 79.9. The van der Waals surface area contributed by atoms with Crippen LogP contribution in [0.15, 0.2) is 74.1 Å². The number of aromatic nitrogens is 2. The number of fused-ring (bicyclic) bond motifs is 1. The van der Waals surface area contributed by atoms with Crippen molar-refractivity contribution in [1.82, 2.24) is 9.13 Å². The minimum Gasteiger partial charge on any atom is -0.496 e. The van der Waals surface area contributed by atoms with Crippen molar-refractivity contribution >= 4 is 45.3 Å². The number of aromatic carboxylic acids is 1. The van der Waals surface area contributed by atoms with E-state index < -0.39 is 18.0 Å². The quantitative estimate of drug-likeness (QED) is 0.236. The summed E-state index contributed by atoms with van der Waals surface area (Å²) < 4.78 is 15.7. The summed E-state index contributed by atoms with van der Waals surface area (Å²) in [7, 11) is 1.58. The first kappa shape index (κ1) is 31.2. The second kappa shape index (κ2) is 12.8. The van der Waals surface area contributed by atoms with Crippen molar-refractivity contribution in [3.8, 4) is 11.4 Å². The Bertz CT molecular complexity index is 1980. The van der Waals surface area contributed by atoms with Crippen molar-refractivity contribution in [1.29, 1.82) is 0 Å². The van der Waals surface area contributed by atoms with Gasteiger partial charge in [-0.2, -0.15) is 0 Å². The van der Waals surface area contributed by atoms with Crippen LogP contribution in [0.25, 0.3) is 11.8 Å². The average molecular weight is 679 g/mol. The number of carbonyl (C=O) groups excluding carboxylic acids is 1. The molecule has 0 saturated carbocycles. The summed E-state index contributed by atoms with van der Waals surface area (Å²) in [6.07, 6.45) is 3.16. The van der Waals surface area contributed by atoms with Gasteiger partial charge < -0.3 is 19.1 Å². The van der Waals surface area contributed by atoms with Crippen LogP contribution in [0.5, 0.6) is 5.75 Å². The molecule has 2 aromatic carbocycles. The normalized spacial score (nSPS) is 14.8. The Kier molecular flexibility index (Phi) is 9.07. The smallest absolute Gasteiger partial charge is 0.338 e. The molecule has 0 bridgehead atoms. The molecule has 9 nitrogen and oxygen atoms in total. The maximum atomic E-state index is 14.2. The summed E-state index contributed by atoms with van der Waals surface area (Å²) in [5.41, 5.74) is 5.12. The van der Waals surface area contributed by atoms with Gasteiger partial charge >= 0.3 is 11.9 Å². The van der Waals surface area contributed by atoms with E-state index >= 15 is 0 Å². The lowest BCUT2D eigenvalue weighted by Crippen LogP contribution is -2.40. The summed E-state index contributed by atoms with van der Waals surface area (Å²) in [4.78, 5) is 44.3. The molecule has 0 fully saturated rings. The van der Waals surface area contributed by atoms with Gasteiger partial charge in [0.05, 0.1) is 45.6 Å². The number of aryl methyl sites for hydroxylation is 1. The van der Waals surface area contributed by atoms with E-state index in [4.69, 9.17) is 14.5 Å². The zero-order chi connectivity index (χ0) is 31.7. The van der Waals surface area contributed by atoms with Gasteiger partial charge in [0.15, 0.2) is 4.80 Å². The number of halogens is 1. The first-order chi connectivity index (χ1) is 21.1. The number of benzene rings is 2. The number of ether oxygens (including phenoxy) is 2. The Morgan fingerprint density at radius 3 is 2.45 bits per heavy atom. The van der Waals surface area contributed by atoms with Crippen molar-refractivity contribution in [2.24, 2.45) is 4.99 Å². The lowest BCUT2D eigenvalue weighted by atomic mass is 9.94. The number of methoxy groups -OCH3 is 1. The number of allylic oxidation sites excluding steroid dienone is 1. The largest absolute Gasteiger partial charge is 0.496 e. The number of esters is 1. The average Bonchev–Trinajstić information content (AvgIpc) is 3.45. The molecule has 4 aromatic rings. The number of thiazole rings is 1. The summed E-state index contributed by atoms with van der Waals surface area (Å²) in [5.74, 6) is -0.852. The van der Waals surface area contributed by atoms with E-state index in [9.17, 15) is 19.5 Å². The lowest BCUT2D eigenvalue weighted by molar-refractivity contribution is -0.139. The zero-order valence-corrected chi connectivity index (χ0v) is 27.4. The van der Waals surface area contributed by atoms with Crippen molar-refractivity contribution in [3.63, 3.8) is 0 Å². The molecule has 0 amide bonds. The lowest BCUT2D eigenvalue weighted by Gasteiger charge is -2.26. The number of carboxylic acids is 1. The monoisotopic (exact) mass is 677 g/mol. The fourth-order valence-corrected chi connectivity index (χ4v) is 7.08. The Morgan fingerprint density at radius 2 is 1.84 bits per heavy atom. The predicted octanol–water partition coefficient (Wildman–Crippen LogP) is 5.46. The maximum absolute atomic E-state index is 14.2. The van der Waals surface area contributed by atoms with Crippen molar-refractivity contribution in [2.45, 2.75) is 46.6 Å². The van der Waals surface area contributed by atoms with Crippen molar-refractivity contribution < 1.29 is 24.2 Å². The van der Waals surface area contributed by atoms with E-state index in [0.29, 0.717) is 37.2 Å². The molecule has 1 N–H and O–H groups in total. The molecule has 44 heavy (non-hydrogen) atoms. The summed E-state index contributed by atoms with van der Waals surface area (Å²) in [6.45, 7) is 7.88. The second-order valence-electron chi connectivity index (χ2n) is 10.3. The van der Waals surface area contributed by atoms with Crippen LogP contribution in [0, 0.1) is 13.8 Å². The van der Waals surface area contributed by atoms with Crippen LogP contribution in [-0.4, -0.2) is 39.9 Å². The topological polar surface area (TPSA) is 112 Å². The predicted molar refractivity (Wildman–Crippen MR) is 173 cm³/mol. The Morgan fingerprint density at radius 1 is 1.11 bits per heavy atom. The third-order valence-corrected chi connectivity index (χ3v) is 9.12. The minimum absolute atomic E-state index is 0.194. The highest BCUT2D eigenvalue weighted by Gasteiger charge is 2.34. The van der Waals surface area contributed by atoms with E-state index in [1.807, 2.05) is 49.6 Å². The number of hydrogen-bond donors (Lipinski definition) is 1. The molecule has 5 rings (SSSR count). The molecule has 228 valence electrons. The summed E-state index contributed by atoms with van der Waals surface area (Å²) in [6, 6.07) is 13.4. The molecule has 2 aromatic heterocycles.